The van der Waals surface area contributed by atoms with Gasteiger partial charge < -0.3 is 9.72 Å². The molecule has 112 valence electrons. The molecule has 2 N–H and O–H groups in total. The van der Waals surface area contributed by atoms with Crippen molar-refractivity contribution in [1.29, 1.82) is 0 Å². The van der Waals surface area contributed by atoms with Crippen LogP contribution in [0.2, 0.25) is 0 Å². The molecule has 5 nitrogen and oxygen atoms in total. The van der Waals surface area contributed by atoms with Crippen LogP contribution < -0.4 is 10.2 Å². The van der Waals surface area contributed by atoms with Gasteiger partial charge in [0.25, 0.3) is 0 Å². The standard InChI is InChI=1S/C17H18N4O/c1-3-22-14-6-4-5-13(10-14)11-18-21-17-19-15-8-7-12(2)9-16(15)20-17/h4-11H,3H2,1-2H3,(H2,19,20,21)/b18-11-. The van der Waals surface area contributed by atoms with Gasteiger partial charge >= 0.3 is 0 Å². The molecule has 0 spiro atoms. The van der Waals surface area contributed by atoms with Crippen molar-refractivity contribution in [3.8, 4) is 5.75 Å². The Balaban J connectivity index is 1.71. The predicted molar refractivity (Wildman–Crippen MR) is 89.7 cm³/mol. The Hall–Kier alpha value is -2.82. The summed E-state index contributed by atoms with van der Waals surface area (Å²) < 4.78 is 5.46. The van der Waals surface area contributed by atoms with Crippen molar-refractivity contribution in [2.45, 2.75) is 13.8 Å². The number of nitrogens with one attached hydrogen (secondary N) is 2. The summed E-state index contributed by atoms with van der Waals surface area (Å²) in [6, 6.07) is 13.9. The number of benzene rings is 2. The number of fused-ring (bicyclic) bond motifs is 1. The number of anilines is 1. The molecule has 5 heteroatoms. The molecule has 0 saturated carbocycles. The smallest absolute Gasteiger partial charge is 0.222 e. The average molecular weight is 294 g/mol. The minimum absolute atomic E-state index is 0.623. The highest BCUT2D eigenvalue weighted by atomic mass is 16.5. The number of aryl methyl sites for hydroxylation is 1. The molecule has 0 amide bonds. The van der Waals surface area contributed by atoms with E-state index in [1.54, 1.807) is 6.21 Å². The zero-order valence-electron chi connectivity index (χ0n) is 12.6. The highest BCUT2D eigenvalue weighted by Crippen LogP contribution is 2.16. The summed E-state index contributed by atoms with van der Waals surface area (Å²) in [7, 11) is 0. The van der Waals surface area contributed by atoms with Crippen LogP contribution in [-0.2, 0) is 0 Å². The fourth-order valence-corrected chi connectivity index (χ4v) is 2.20. The third-order valence-corrected chi connectivity index (χ3v) is 3.19. The van der Waals surface area contributed by atoms with Crippen molar-refractivity contribution < 1.29 is 4.74 Å². The molecule has 22 heavy (non-hydrogen) atoms. The van der Waals surface area contributed by atoms with E-state index in [-0.39, 0.29) is 0 Å². The van der Waals surface area contributed by atoms with E-state index in [1.165, 1.54) is 5.56 Å². The van der Waals surface area contributed by atoms with E-state index < -0.39 is 0 Å². The Morgan fingerprint density at radius 1 is 1.27 bits per heavy atom. The molecule has 0 aliphatic heterocycles. The van der Waals surface area contributed by atoms with Crippen LogP contribution in [0.25, 0.3) is 11.0 Å². The van der Waals surface area contributed by atoms with Gasteiger partial charge in [-0.15, -0.1) is 0 Å². The molecule has 0 radical (unpaired) electrons. The summed E-state index contributed by atoms with van der Waals surface area (Å²) in [4.78, 5) is 7.62. The summed E-state index contributed by atoms with van der Waals surface area (Å²) in [5.41, 5.74) is 6.99. The van der Waals surface area contributed by atoms with E-state index in [4.69, 9.17) is 4.74 Å². The average Bonchev–Trinajstić information content (AvgIpc) is 2.90. The second-order valence-corrected chi connectivity index (χ2v) is 4.98. The number of hydrazone groups is 1. The van der Waals surface area contributed by atoms with Crippen LogP contribution >= 0.6 is 0 Å². The van der Waals surface area contributed by atoms with Gasteiger partial charge in [-0.1, -0.05) is 18.2 Å². The van der Waals surface area contributed by atoms with Gasteiger partial charge in [-0.05, 0) is 49.2 Å². The molecule has 0 unspecified atom stereocenters. The zero-order chi connectivity index (χ0) is 15.4. The first-order valence-corrected chi connectivity index (χ1v) is 7.23. The van der Waals surface area contributed by atoms with Gasteiger partial charge in [0.2, 0.25) is 5.95 Å². The Morgan fingerprint density at radius 2 is 2.18 bits per heavy atom. The van der Waals surface area contributed by atoms with E-state index in [2.05, 4.69) is 33.5 Å². The highest BCUT2D eigenvalue weighted by Gasteiger charge is 2.01. The van der Waals surface area contributed by atoms with Gasteiger partial charge in [0, 0.05) is 0 Å². The molecule has 3 aromatic rings. The number of hydrogen-bond acceptors (Lipinski definition) is 4. The second kappa shape index (κ2) is 6.30. The zero-order valence-corrected chi connectivity index (χ0v) is 12.6. The van der Waals surface area contributed by atoms with Crippen LogP contribution in [0.3, 0.4) is 0 Å². The second-order valence-electron chi connectivity index (χ2n) is 4.98. The molecule has 0 atom stereocenters. The summed E-state index contributed by atoms with van der Waals surface area (Å²) in [6.45, 7) is 4.67. The van der Waals surface area contributed by atoms with Crippen LogP contribution in [0, 0.1) is 6.92 Å². The highest BCUT2D eigenvalue weighted by molar-refractivity contribution is 5.81. The number of nitrogens with zero attached hydrogens (tertiary/aromatic N) is 2. The van der Waals surface area contributed by atoms with E-state index >= 15 is 0 Å². The van der Waals surface area contributed by atoms with Crippen molar-refractivity contribution >= 4 is 23.2 Å². The molecule has 2 aromatic carbocycles. The Morgan fingerprint density at radius 3 is 3.05 bits per heavy atom. The van der Waals surface area contributed by atoms with Crippen molar-refractivity contribution in [2.75, 3.05) is 12.0 Å². The lowest BCUT2D eigenvalue weighted by atomic mass is 10.2. The molecule has 3 rings (SSSR count). The van der Waals surface area contributed by atoms with Gasteiger partial charge in [0.15, 0.2) is 0 Å². The quantitative estimate of drug-likeness (QED) is 0.557. The summed E-state index contributed by atoms with van der Waals surface area (Å²) >= 11 is 0. The number of H-pyrrole nitrogens is 1. The van der Waals surface area contributed by atoms with Crippen molar-refractivity contribution in [3.63, 3.8) is 0 Å². The molecule has 0 aliphatic carbocycles. The Labute approximate surface area is 129 Å². The van der Waals surface area contributed by atoms with Gasteiger partial charge in [-0.2, -0.15) is 5.10 Å². The molecule has 0 saturated heterocycles. The normalized spacial score (nSPS) is 11.2. The third-order valence-electron chi connectivity index (χ3n) is 3.19. The van der Waals surface area contributed by atoms with Crippen molar-refractivity contribution in [2.24, 2.45) is 5.10 Å². The first kappa shape index (κ1) is 14.1. The molecule has 1 aromatic heterocycles. The first-order valence-electron chi connectivity index (χ1n) is 7.23. The molecule has 0 bridgehead atoms. The topological polar surface area (TPSA) is 62.3 Å². The summed E-state index contributed by atoms with van der Waals surface area (Å²) in [5.74, 6) is 1.46. The molecule has 1 heterocycles. The number of ether oxygens (including phenoxy) is 1. The third kappa shape index (κ3) is 3.25. The number of rotatable bonds is 5. The Bertz CT molecular complexity index is 807. The largest absolute Gasteiger partial charge is 0.494 e. The molecular weight excluding hydrogens is 276 g/mol. The minimum Gasteiger partial charge on any atom is -0.494 e. The molecular formula is C17H18N4O. The number of aromatic amines is 1. The summed E-state index contributed by atoms with van der Waals surface area (Å²) in [6.07, 6.45) is 1.74. The number of aromatic nitrogens is 2. The van der Waals surface area contributed by atoms with Crippen LogP contribution in [0.15, 0.2) is 47.6 Å². The van der Waals surface area contributed by atoms with E-state index in [0.29, 0.717) is 12.6 Å². The van der Waals surface area contributed by atoms with Gasteiger partial charge in [0.1, 0.15) is 5.75 Å². The molecule has 0 fully saturated rings. The van der Waals surface area contributed by atoms with Crippen molar-refractivity contribution in [3.05, 3.63) is 53.6 Å². The van der Waals surface area contributed by atoms with Crippen LogP contribution in [0.1, 0.15) is 18.1 Å². The maximum absolute atomic E-state index is 5.46. The Kier molecular flexibility index (Phi) is 4.05. The maximum atomic E-state index is 5.46. The van der Waals surface area contributed by atoms with Crippen LogP contribution in [0.4, 0.5) is 5.95 Å². The molecule has 0 aliphatic rings. The predicted octanol–water partition coefficient (Wildman–Crippen LogP) is 3.72. The van der Waals surface area contributed by atoms with Crippen LogP contribution in [-0.4, -0.2) is 22.8 Å². The lowest BCUT2D eigenvalue weighted by molar-refractivity contribution is 0.340. The first-order chi connectivity index (χ1) is 10.7. The number of imidazole rings is 1. The maximum Gasteiger partial charge on any atom is 0.222 e. The van der Waals surface area contributed by atoms with Gasteiger partial charge in [0.05, 0.1) is 23.9 Å². The van der Waals surface area contributed by atoms with Gasteiger partial charge in [-0.3, -0.25) is 0 Å². The lowest BCUT2D eigenvalue weighted by Crippen LogP contribution is -1.94. The van der Waals surface area contributed by atoms with Crippen molar-refractivity contribution in [1.82, 2.24) is 9.97 Å². The SMILES string of the molecule is CCOc1cccc(/C=N\Nc2nc3ccc(C)cc3[nH]2)c1. The summed E-state index contributed by atoms with van der Waals surface area (Å²) in [5, 5.41) is 4.21. The fourth-order valence-electron chi connectivity index (χ4n) is 2.20. The van der Waals surface area contributed by atoms with Crippen LogP contribution in [0.5, 0.6) is 5.75 Å². The lowest BCUT2D eigenvalue weighted by Gasteiger charge is -2.02. The van der Waals surface area contributed by atoms with E-state index in [9.17, 15) is 0 Å². The number of hydrogen-bond donors (Lipinski definition) is 2. The van der Waals surface area contributed by atoms with E-state index in [0.717, 1.165) is 22.3 Å². The minimum atomic E-state index is 0.623. The van der Waals surface area contributed by atoms with E-state index in [1.807, 2.05) is 43.3 Å². The monoisotopic (exact) mass is 294 g/mol. The van der Waals surface area contributed by atoms with Gasteiger partial charge in [-0.25, -0.2) is 10.4 Å². The fraction of sp³-hybridized carbons (Fsp3) is 0.176.